The zero-order valence-corrected chi connectivity index (χ0v) is 16.5. The molecule has 2 saturated heterocycles. The van der Waals surface area contributed by atoms with Gasteiger partial charge in [-0.3, -0.25) is 4.98 Å². The highest BCUT2D eigenvalue weighted by molar-refractivity contribution is 5.88. The average Bonchev–Trinajstić information content (AvgIpc) is 3.24. The van der Waals surface area contributed by atoms with Crippen LogP contribution in [-0.4, -0.2) is 47.7 Å². The number of hydrogen-bond donors (Lipinski definition) is 2. The smallest absolute Gasteiger partial charge is 0.324 e. The average molecular weight is 404 g/mol. The van der Waals surface area contributed by atoms with Crippen molar-refractivity contribution in [3.05, 3.63) is 53.7 Å². The molecule has 2 aliphatic heterocycles. The third-order valence-corrected chi connectivity index (χ3v) is 6.27. The maximum absolute atomic E-state index is 14.4. The van der Waals surface area contributed by atoms with Gasteiger partial charge >= 0.3 is 6.01 Å². The van der Waals surface area contributed by atoms with E-state index in [2.05, 4.69) is 20.5 Å². The molecular weight excluding hydrogens is 383 g/mol. The van der Waals surface area contributed by atoms with E-state index >= 15 is 0 Å². The topological polar surface area (TPSA) is 75.2 Å². The summed E-state index contributed by atoms with van der Waals surface area (Å²) in [7, 11) is 1.81. The standard InChI is InChI=1S/C22H21FN6O/c1-24-17-6-13(23)5-16-15(17)7-18-20(16)21(29-10-12-8-26-19(12)11-29)28-22(27-18)30-14-3-2-4-25-9-14/h2-6,9,12,19,24,26H,7-8,10-11H2,1H3. The number of aromatic nitrogens is 3. The van der Waals surface area contributed by atoms with Crippen LogP contribution < -0.4 is 20.3 Å². The monoisotopic (exact) mass is 404 g/mol. The highest BCUT2D eigenvalue weighted by Gasteiger charge is 2.41. The number of nitrogens with zero attached hydrogens (tertiary/aromatic N) is 4. The van der Waals surface area contributed by atoms with Crippen molar-refractivity contribution in [3.63, 3.8) is 0 Å². The van der Waals surface area contributed by atoms with Gasteiger partial charge in [-0.05, 0) is 35.4 Å². The van der Waals surface area contributed by atoms with Crippen LogP contribution in [0.25, 0.3) is 11.1 Å². The van der Waals surface area contributed by atoms with E-state index in [0.717, 1.165) is 53.5 Å². The number of ether oxygens (including phenoxy) is 1. The second-order valence-electron chi connectivity index (χ2n) is 8.03. The van der Waals surface area contributed by atoms with Crippen LogP contribution in [0.4, 0.5) is 15.9 Å². The number of nitrogens with one attached hydrogen (secondary N) is 2. The lowest BCUT2D eigenvalue weighted by molar-refractivity contribution is 0.297. The molecule has 6 rings (SSSR count). The molecule has 0 bridgehead atoms. The number of pyridine rings is 1. The fourth-order valence-corrected chi connectivity index (χ4v) is 4.73. The fraction of sp³-hybridized carbons (Fsp3) is 0.318. The molecular formula is C22H21FN6O. The summed E-state index contributed by atoms with van der Waals surface area (Å²) in [4.78, 5) is 15.9. The molecule has 7 nitrogen and oxygen atoms in total. The van der Waals surface area contributed by atoms with Crippen LogP contribution in [0, 0.1) is 11.7 Å². The number of halogens is 1. The predicted molar refractivity (Wildman–Crippen MR) is 112 cm³/mol. The largest absolute Gasteiger partial charge is 0.423 e. The SMILES string of the molecule is CNc1cc(F)cc2c1Cc1nc(Oc3cccnc3)nc(N3CC4CNC4C3)c1-2. The van der Waals surface area contributed by atoms with Crippen molar-refractivity contribution in [1.29, 1.82) is 0 Å². The highest BCUT2D eigenvalue weighted by Crippen LogP contribution is 2.46. The zero-order chi connectivity index (χ0) is 20.2. The molecule has 3 aromatic rings. The Morgan fingerprint density at radius 2 is 2.20 bits per heavy atom. The Hall–Kier alpha value is -3.26. The van der Waals surface area contributed by atoms with Gasteiger partial charge in [0.1, 0.15) is 17.4 Å². The molecule has 30 heavy (non-hydrogen) atoms. The molecule has 0 spiro atoms. The van der Waals surface area contributed by atoms with Gasteiger partial charge in [0.15, 0.2) is 0 Å². The Bertz CT molecular complexity index is 1130. The molecule has 2 unspecified atom stereocenters. The minimum Gasteiger partial charge on any atom is -0.423 e. The maximum Gasteiger partial charge on any atom is 0.324 e. The van der Waals surface area contributed by atoms with E-state index in [4.69, 9.17) is 14.7 Å². The summed E-state index contributed by atoms with van der Waals surface area (Å²) >= 11 is 0. The molecule has 2 N–H and O–H groups in total. The molecule has 0 radical (unpaired) electrons. The lowest BCUT2D eigenvalue weighted by Gasteiger charge is -2.29. The van der Waals surface area contributed by atoms with E-state index < -0.39 is 0 Å². The summed E-state index contributed by atoms with van der Waals surface area (Å²) in [6, 6.07) is 7.55. The molecule has 2 atom stereocenters. The minimum atomic E-state index is -0.268. The Kier molecular flexibility index (Phi) is 3.89. The molecule has 4 heterocycles. The summed E-state index contributed by atoms with van der Waals surface area (Å²) in [5, 5.41) is 6.60. The molecule has 1 aromatic carbocycles. The number of anilines is 2. The van der Waals surface area contributed by atoms with Gasteiger partial charge in [0, 0.05) is 62.5 Å². The van der Waals surface area contributed by atoms with Crippen LogP contribution in [-0.2, 0) is 6.42 Å². The van der Waals surface area contributed by atoms with Crippen LogP contribution in [0.5, 0.6) is 11.8 Å². The number of benzene rings is 1. The molecule has 152 valence electrons. The van der Waals surface area contributed by atoms with Crippen molar-refractivity contribution in [2.75, 3.05) is 36.9 Å². The molecule has 0 amide bonds. The second-order valence-corrected chi connectivity index (χ2v) is 8.03. The van der Waals surface area contributed by atoms with E-state index in [-0.39, 0.29) is 5.82 Å². The van der Waals surface area contributed by atoms with Crippen molar-refractivity contribution in [2.24, 2.45) is 5.92 Å². The van der Waals surface area contributed by atoms with Gasteiger partial charge in [-0.25, -0.2) is 4.39 Å². The number of fused-ring (bicyclic) bond motifs is 4. The van der Waals surface area contributed by atoms with Crippen LogP contribution >= 0.6 is 0 Å². The summed E-state index contributed by atoms with van der Waals surface area (Å²) < 4.78 is 20.3. The Morgan fingerprint density at radius 1 is 1.27 bits per heavy atom. The summed E-state index contributed by atoms with van der Waals surface area (Å²) in [6.07, 6.45) is 3.94. The third kappa shape index (κ3) is 2.71. The van der Waals surface area contributed by atoms with Gasteiger partial charge in [-0.2, -0.15) is 9.97 Å². The van der Waals surface area contributed by atoms with Gasteiger partial charge < -0.3 is 20.3 Å². The van der Waals surface area contributed by atoms with Crippen LogP contribution in [0.2, 0.25) is 0 Å². The molecule has 2 aromatic heterocycles. The predicted octanol–water partition coefficient (Wildman–Crippen LogP) is 2.82. The quantitative estimate of drug-likeness (QED) is 0.542. The van der Waals surface area contributed by atoms with Gasteiger partial charge in [0.2, 0.25) is 0 Å². The zero-order valence-electron chi connectivity index (χ0n) is 16.5. The normalized spacial score (nSPS) is 20.9. The van der Waals surface area contributed by atoms with Gasteiger partial charge in [-0.1, -0.05) is 0 Å². The second kappa shape index (κ2) is 6.63. The fourth-order valence-electron chi connectivity index (χ4n) is 4.73. The van der Waals surface area contributed by atoms with Gasteiger partial charge in [-0.15, -0.1) is 0 Å². The first-order valence-electron chi connectivity index (χ1n) is 10.2. The first-order chi connectivity index (χ1) is 14.7. The Balaban J connectivity index is 1.48. The molecule has 8 heteroatoms. The van der Waals surface area contributed by atoms with Crippen molar-refractivity contribution in [3.8, 4) is 22.9 Å². The van der Waals surface area contributed by atoms with E-state index in [9.17, 15) is 4.39 Å². The lowest BCUT2D eigenvalue weighted by Crippen LogP contribution is -2.51. The summed E-state index contributed by atoms with van der Waals surface area (Å²) in [6.45, 7) is 2.84. The van der Waals surface area contributed by atoms with E-state index in [1.54, 1.807) is 18.5 Å². The first-order valence-corrected chi connectivity index (χ1v) is 10.2. The Morgan fingerprint density at radius 3 is 2.90 bits per heavy atom. The van der Waals surface area contributed by atoms with Gasteiger partial charge in [0.05, 0.1) is 11.9 Å². The van der Waals surface area contributed by atoms with E-state index in [0.29, 0.717) is 30.1 Å². The van der Waals surface area contributed by atoms with Crippen LogP contribution in [0.15, 0.2) is 36.7 Å². The number of rotatable bonds is 4. The van der Waals surface area contributed by atoms with Crippen molar-refractivity contribution < 1.29 is 9.13 Å². The number of hydrogen-bond acceptors (Lipinski definition) is 7. The Labute approximate surface area is 173 Å². The maximum atomic E-state index is 14.4. The van der Waals surface area contributed by atoms with Crippen molar-refractivity contribution >= 4 is 11.5 Å². The molecule has 0 saturated carbocycles. The van der Waals surface area contributed by atoms with Crippen LogP contribution in [0.1, 0.15) is 11.3 Å². The minimum absolute atomic E-state index is 0.268. The van der Waals surface area contributed by atoms with Crippen molar-refractivity contribution in [1.82, 2.24) is 20.3 Å². The summed E-state index contributed by atoms with van der Waals surface area (Å²) in [5.74, 6) is 1.76. The molecule has 3 aliphatic rings. The highest BCUT2D eigenvalue weighted by atomic mass is 19.1. The van der Waals surface area contributed by atoms with Gasteiger partial charge in [0.25, 0.3) is 0 Å². The van der Waals surface area contributed by atoms with E-state index in [1.165, 1.54) is 6.07 Å². The first kappa shape index (κ1) is 17.6. The molecule has 2 fully saturated rings. The third-order valence-electron chi connectivity index (χ3n) is 6.27. The summed E-state index contributed by atoms with van der Waals surface area (Å²) in [5.41, 5.74) is 4.48. The molecule has 1 aliphatic carbocycles. The van der Waals surface area contributed by atoms with Crippen LogP contribution in [0.3, 0.4) is 0 Å². The van der Waals surface area contributed by atoms with Crippen molar-refractivity contribution in [2.45, 2.75) is 12.5 Å². The van der Waals surface area contributed by atoms with E-state index in [1.807, 2.05) is 19.2 Å². The lowest BCUT2D eigenvalue weighted by atomic mass is 9.96.